The third-order valence-electron chi connectivity index (χ3n) is 3.12. The molecule has 0 saturated carbocycles. The van der Waals surface area contributed by atoms with Gasteiger partial charge in [0.25, 0.3) is 0 Å². The van der Waals surface area contributed by atoms with Crippen molar-refractivity contribution in [1.82, 2.24) is 0 Å². The molecule has 0 N–H and O–H groups in total. The third-order valence-corrected chi connectivity index (χ3v) is 3.12. The smallest absolute Gasteiger partial charge is 0.337 e. The lowest BCUT2D eigenvalue weighted by Gasteiger charge is -2.02. The Labute approximate surface area is 166 Å². The molecule has 0 amide bonds. The second-order valence-electron chi connectivity index (χ2n) is 5.65. The van der Waals surface area contributed by atoms with Gasteiger partial charge in [0.05, 0.1) is 18.7 Å². The van der Waals surface area contributed by atoms with Crippen LogP contribution in [0.15, 0.2) is 65.7 Å². The minimum Gasteiger partial charge on any atom is -0.462 e. The molecule has 6 nitrogen and oxygen atoms in total. The number of aliphatic imine (C=N–C) groups is 1. The predicted molar refractivity (Wildman–Crippen MR) is 109 cm³/mol. The van der Waals surface area contributed by atoms with Gasteiger partial charge in [-0.25, -0.2) is 19.4 Å². The largest absolute Gasteiger partial charge is 0.462 e. The highest BCUT2D eigenvalue weighted by atomic mass is 16.5. The second kappa shape index (κ2) is 16.0. The first kappa shape index (κ1) is 24.8. The number of nitrogens with zero attached hydrogens (tertiary/aromatic N) is 1. The van der Waals surface area contributed by atoms with Crippen molar-refractivity contribution in [1.29, 1.82) is 0 Å². The fourth-order valence-corrected chi connectivity index (χ4v) is 1.58. The summed E-state index contributed by atoms with van der Waals surface area (Å²) in [7, 11) is 0. The molecule has 6 heteroatoms. The van der Waals surface area contributed by atoms with E-state index < -0.39 is 5.97 Å². The van der Waals surface area contributed by atoms with Crippen molar-refractivity contribution in [3.05, 3.63) is 66.3 Å². The zero-order valence-corrected chi connectivity index (χ0v) is 16.5. The minimum atomic E-state index is -0.467. The van der Waals surface area contributed by atoms with E-state index in [0.717, 1.165) is 18.4 Å². The van der Waals surface area contributed by atoms with E-state index in [-0.39, 0.29) is 19.1 Å². The molecule has 0 aromatic heterocycles. The number of ether oxygens (including phenoxy) is 2. The topological polar surface area (TPSA) is 82.0 Å². The monoisotopic (exact) mass is 385 g/mol. The molecule has 1 rings (SSSR count). The van der Waals surface area contributed by atoms with Crippen LogP contribution in [0.1, 0.15) is 32.3 Å². The Morgan fingerprint density at radius 1 is 1.11 bits per heavy atom. The van der Waals surface area contributed by atoms with E-state index in [2.05, 4.69) is 29.8 Å². The quantitative estimate of drug-likeness (QED) is 0.152. The molecule has 28 heavy (non-hydrogen) atoms. The van der Waals surface area contributed by atoms with Crippen LogP contribution in [-0.4, -0.2) is 37.8 Å². The van der Waals surface area contributed by atoms with Crippen LogP contribution in [-0.2, 0) is 23.9 Å². The van der Waals surface area contributed by atoms with Gasteiger partial charge in [-0.1, -0.05) is 62.9 Å². The summed E-state index contributed by atoms with van der Waals surface area (Å²) >= 11 is 0. The van der Waals surface area contributed by atoms with Gasteiger partial charge in [-0.2, -0.15) is 0 Å². The van der Waals surface area contributed by atoms with Crippen LogP contribution >= 0.6 is 0 Å². The van der Waals surface area contributed by atoms with Crippen molar-refractivity contribution in [3.8, 4) is 0 Å². The van der Waals surface area contributed by atoms with Gasteiger partial charge in [0.15, 0.2) is 0 Å². The number of benzene rings is 1. The molecule has 1 aromatic carbocycles. The summed E-state index contributed by atoms with van der Waals surface area (Å²) < 4.78 is 9.64. The molecule has 0 aliphatic rings. The van der Waals surface area contributed by atoms with E-state index in [1.165, 1.54) is 6.08 Å². The Morgan fingerprint density at radius 2 is 1.75 bits per heavy atom. The van der Waals surface area contributed by atoms with Gasteiger partial charge >= 0.3 is 11.9 Å². The van der Waals surface area contributed by atoms with Crippen molar-refractivity contribution in [2.75, 3.05) is 19.8 Å². The molecule has 0 fully saturated rings. The molecule has 0 heterocycles. The van der Waals surface area contributed by atoms with Crippen LogP contribution in [0.3, 0.4) is 0 Å². The fraction of sp³-hybridized carbons (Fsp3) is 0.318. The van der Waals surface area contributed by atoms with Gasteiger partial charge in [-0.05, 0) is 25.0 Å². The van der Waals surface area contributed by atoms with Crippen LogP contribution < -0.4 is 0 Å². The average molecular weight is 385 g/mol. The number of carbonyl (C=O) groups is 2. The Bertz CT molecular complexity index is 716. The summed E-state index contributed by atoms with van der Waals surface area (Å²) in [5, 5.41) is 0. The summed E-state index contributed by atoms with van der Waals surface area (Å²) in [4.78, 5) is 34.8. The maximum atomic E-state index is 11.5. The number of unbranched alkanes of at least 4 members (excludes halogenated alkanes) is 1. The molecule has 0 radical (unpaired) electrons. The molecule has 0 spiro atoms. The highest BCUT2D eigenvalue weighted by molar-refractivity contribution is 5.92. The van der Waals surface area contributed by atoms with Crippen molar-refractivity contribution in [3.63, 3.8) is 0 Å². The second-order valence-corrected chi connectivity index (χ2v) is 5.65. The first-order chi connectivity index (χ1) is 13.4. The maximum absolute atomic E-state index is 11.5. The summed E-state index contributed by atoms with van der Waals surface area (Å²) in [5.41, 5.74) is 1.75. The lowest BCUT2D eigenvalue weighted by molar-refractivity contribution is -0.139. The highest BCUT2D eigenvalue weighted by Gasteiger charge is 2.04. The standard InChI is InChI=1S/C15H18O2.C7H9NO3/c1-3-4-12-17-15(16)13(2)10-11-14-8-6-5-7-9-14;1-6(2)7(10)11-4-3-8-5-9/h5-11H,2-4,12H2,1H3;1,3-4H2,2H3. The van der Waals surface area contributed by atoms with Crippen LogP contribution in [0.4, 0.5) is 0 Å². The molecule has 0 saturated heterocycles. The number of hydrogen-bond acceptors (Lipinski definition) is 6. The van der Waals surface area contributed by atoms with E-state index >= 15 is 0 Å². The first-order valence-corrected chi connectivity index (χ1v) is 8.87. The fourth-order valence-electron chi connectivity index (χ4n) is 1.58. The summed E-state index contributed by atoms with van der Waals surface area (Å²) in [6.07, 6.45) is 6.77. The van der Waals surface area contributed by atoms with E-state index in [1.807, 2.05) is 36.4 Å². The number of isocyanates is 1. The molecule has 0 bridgehead atoms. The summed E-state index contributed by atoms with van der Waals surface area (Å²) in [6.45, 7) is 11.4. The SMILES string of the molecule is C=C(C)C(=O)OCCN=C=O.C=C(C=Cc1ccccc1)C(=O)OCCCC. The Kier molecular flexibility index (Phi) is 14.1. The van der Waals surface area contributed by atoms with Gasteiger partial charge in [-0.15, -0.1) is 0 Å². The molecule has 0 aliphatic heterocycles. The highest BCUT2D eigenvalue weighted by Crippen LogP contribution is 2.05. The van der Waals surface area contributed by atoms with Crippen molar-refractivity contribution in [2.45, 2.75) is 26.7 Å². The van der Waals surface area contributed by atoms with Crippen molar-refractivity contribution < 1.29 is 23.9 Å². The van der Waals surface area contributed by atoms with E-state index in [0.29, 0.717) is 17.8 Å². The van der Waals surface area contributed by atoms with E-state index in [4.69, 9.17) is 4.74 Å². The predicted octanol–water partition coefficient (Wildman–Crippen LogP) is 4.04. The Morgan fingerprint density at radius 3 is 2.32 bits per heavy atom. The Hall–Kier alpha value is -3.24. The van der Waals surface area contributed by atoms with Gasteiger partial charge in [-0.3, -0.25) is 0 Å². The molecule has 1 aromatic rings. The first-order valence-electron chi connectivity index (χ1n) is 8.87. The van der Waals surface area contributed by atoms with Crippen LogP contribution in [0, 0.1) is 0 Å². The van der Waals surface area contributed by atoms with Gasteiger partial charge in [0, 0.05) is 5.57 Å². The van der Waals surface area contributed by atoms with Crippen LogP contribution in [0.2, 0.25) is 0 Å². The molecular formula is C22H27NO5. The number of esters is 2. The third kappa shape index (κ3) is 13.0. The van der Waals surface area contributed by atoms with E-state index in [1.54, 1.807) is 13.0 Å². The van der Waals surface area contributed by atoms with Crippen LogP contribution in [0.5, 0.6) is 0 Å². The number of rotatable bonds is 10. The lowest BCUT2D eigenvalue weighted by Crippen LogP contribution is -2.07. The molecule has 0 atom stereocenters. The average Bonchev–Trinajstić information content (AvgIpc) is 2.70. The lowest BCUT2D eigenvalue weighted by atomic mass is 10.2. The van der Waals surface area contributed by atoms with E-state index in [9.17, 15) is 14.4 Å². The zero-order valence-electron chi connectivity index (χ0n) is 16.5. The maximum Gasteiger partial charge on any atom is 0.337 e. The minimum absolute atomic E-state index is 0.0981. The molecular weight excluding hydrogens is 358 g/mol. The normalized spacial score (nSPS) is 9.50. The Balaban J connectivity index is 0.000000576. The molecule has 150 valence electrons. The summed E-state index contributed by atoms with van der Waals surface area (Å²) in [5.74, 6) is -0.809. The molecule has 0 unspecified atom stereocenters. The van der Waals surface area contributed by atoms with Gasteiger partial charge in [0.2, 0.25) is 6.08 Å². The van der Waals surface area contributed by atoms with Gasteiger partial charge < -0.3 is 9.47 Å². The van der Waals surface area contributed by atoms with Crippen molar-refractivity contribution in [2.24, 2.45) is 4.99 Å². The summed E-state index contributed by atoms with van der Waals surface area (Å²) in [6, 6.07) is 9.77. The zero-order chi connectivity index (χ0) is 21.2. The number of carbonyl (C=O) groups excluding carboxylic acids is 3. The van der Waals surface area contributed by atoms with Gasteiger partial charge in [0.1, 0.15) is 6.61 Å². The van der Waals surface area contributed by atoms with Crippen molar-refractivity contribution >= 4 is 24.1 Å². The number of hydrogen-bond donors (Lipinski definition) is 0. The van der Waals surface area contributed by atoms with Crippen LogP contribution in [0.25, 0.3) is 6.08 Å². The molecule has 0 aliphatic carbocycles.